The Kier molecular flexibility index (Phi) is 6.55. The van der Waals surface area contributed by atoms with Gasteiger partial charge in [0.15, 0.2) is 0 Å². The summed E-state index contributed by atoms with van der Waals surface area (Å²) in [6.45, 7) is 0.733. The van der Waals surface area contributed by atoms with Crippen molar-refractivity contribution in [3.63, 3.8) is 0 Å². The zero-order valence-electron chi connectivity index (χ0n) is 10.3. The summed E-state index contributed by atoms with van der Waals surface area (Å²) in [5, 5.41) is 0. The first-order valence-electron chi connectivity index (χ1n) is 5.53. The molecule has 0 unspecified atom stereocenters. The summed E-state index contributed by atoms with van der Waals surface area (Å²) in [5.74, 6) is 1.74. The second-order valence-electron chi connectivity index (χ2n) is 3.59. The quantitative estimate of drug-likeness (QED) is 0.553. The van der Waals surface area contributed by atoms with Crippen molar-refractivity contribution >= 4 is 17.7 Å². The van der Waals surface area contributed by atoms with Crippen molar-refractivity contribution < 1.29 is 14.3 Å². The Morgan fingerprint density at radius 3 is 2.59 bits per heavy atom. The third-order valence-electron chi connectivity index (χ3n) is 2.26. The van der Waals surface area contributed by atoms with Gasteiger partial charge >= 0.3 is 5.97 Å². The van der Waals surface area contributed by atoms with Crippen LogP contribution < -0.4 is 4.74 Å². The molecule has 4 heteroatoms. The van der Waals surface area contributed by atoms with Gasteiger partial charge in [0.1, 0.15) is 5.75 Å². The molecular formula is C13H18O3S. The molecule has 94 valence electrons. The molecule has 0 spiro atoms. The maximum Gasteiger partial charge on any atom is 0.309 e. The standard InChI is InChI=1S/C13H18O3S/c1-15-13(14)10-11-4-6-12(7-5-11)16-8-3-9-17-2/h4-7H,3,8-10H2,1-2H3. The van der Waals surface area contributed by atoms with Crippen LogP contribution in [-0.2, 0) is 16.0 Å². The molecule has 3 nitrogen and oxygen atoms in total. The van der Waals surface area contributed by atoms with Crippen LogP contribution in [0.15, 0.2) is 24.3 Å². The van der Waals surface area contributed by atoms with E-state index in [4.69, 9.17) is 4.74 Å². The second-order valence-corrected chi connectivity index (χ2v) is 4.58. The largest absolute Gasteiger partial charge is 0.494 e. The van der Waals surface area contributed by atoms with Crippen molar-refractivity contribution in [3.05, 3.63) is 29.8 Å². The molecule has 0 amide bonds. The fourth-order valence-corrected chi connectivity index (χ4v) is 1.74. The highest BCUT2D eigenvalue weighted by atomic mass is 32.2. The Bertz CT molecular complexity index is 335. The molecule has 0 radical (unpaired) electrons. The van der Waals surface area contributed by atoms with Gasteiger partial charge in [-0.3, -0.25) is 4.79 Å². The minimum Gasteiger partial charge on any atom is -0.494 e. The summed E-state index contributed by atoms with van der Waals surface area (Å²) in [6.07, 6.45) is 3.44. The maximum absolute atomic E-state index is 11.1. The van der Waals surface area contributed by atoms with Crippen LogP contribution in [0.4, 0.5) is 0 Å². The topological polar surface area (TPSA) is 35.5 Å². The SMILES string of the molecule is COC(=O)Cc1ccc(OCCCSC)cc1. The van der Waals surface area contributed by atoms with Crippen molar-refractivity contribution in [2.24, 2.45) is 0 Å². The Morgan fingerprint density at radius 1 is 1.29 bits per heavy atom. The van der Waals surface area contributed by atoms with E-state index in [0.29, 0.717) is 6.42 Å². The summed E-state index contributed by atoms with van der Waals surface area (Å²) < 4.78 is 10.2. The molecule has 1 aromatic rings. The van der Waals surface area contributed by atoms with Gasteiger partial charge in [0.2, 0.25) is 0 Å². The first-order chi connectivity index (χ1) is 8.26. The predicted octanol–water partition coefficient (Wildman–Crippen LogP) is 2.53. The smallest absolute Gasteiger partial charge is 0.309 e. The van der Waals surface area contributed by atoms with Gasteiger partial charge in [0.05, 0.1) is 20.1 Å². The molecule has 1 aromatic carbocycles. The molecule has 0 aliphatic rings. The normalized spacial score (nSPS) is 10.0. The fraction of sp³-hybridized carbons (Fsp3) is 0.462. The molecule has 0 aromatic heterocycles. The van der Waals surface area contributed by atoms with Crippen molar-refractivity contribution in [2.45, 2.75) is 12.8 Å². The minimum atomic E-state index is -0.223. The number of esters is 1. The van der Waals surface area contributed by atoms with E-state index >= 15 is 0 Å². The average molecular weight is 254 g/mol. The highest BCUT2D eigenvalue weighted by molar-refractivity contribution is 7.98. The van der Waals surface area contributed by atoms with E-state index < -0.39 is 0 Å². The number of benzene rings is 1. The van der Waals surface area contributed by atoms with Crippen molar-refractivity contribution in [1.29, 1.82) is 0 Å². The van der Waals surface area contributed by atoms with Crippen molar-refractivity contribution in [3.8, 4) is 5.75 Å². The van der Waals surface area contributed by atoms with E-state index in [0.717, 1.165) is 30.1 Å². The summed E-state index contributed by atoms with van der Waals surface area (Å²) in [5.41, 5.74) is 0.938. The van der Waals surface area contributed by atoms with Gasteiger partial charge in [-0.25, -0.2) is 0 Å². The maximum atomic E-state index is 11.1. The van der Waals surface area contributed by atoms with E-state index in [1.54, 1.807) is 0 Å². The minimum absolute atomic E-state index is 0.223. The molecule has 1 rings (SSSR count). The molecule has 0 aliphatic carbocycles. The van der Waals surface area contributed by atoms with E-state index in [9.17, 15) is 4.79 Å². The van der Waals surface area contributed by atoms with Crippen LogP contribution in [0.2, 0.25) is 0 Å². The van der Waals surface area contributed by atoms with Crippen LogP contribution in [0.25, 0.3) is 0 Å². The van der Waals surface area contributed by atoms with Crippen molar-refractivity contribution in [1.82, 2.24) is 0 Å². The number of rotatable bonds is 7. The predicted molar refractivity (Wildman–Crippen MR) is 70.7 cm³/mol. The Morgan fingerprint density at radius 2 is 2.00 bits per heavy atom. The van der Waals surface area contributed by atoms with Crippen LogP contribution in [-0.4, -0.2) is 31.7 Å². The molecule has 0 bridgehead atoms. The molecular weight excluding hydrogens is 236 g/mol. The average Bonchev–Trinajstić information content (AvgIpc) is 2.36. The monoisotopic (exact) mass is 254 g/mol. The van der Waals surface area contributed by atoms with Crippen LogP contribution >= 0.6 is 11.8 Å². The number of methoxy groups -OCH3 is 1. The third-order valence-corrected chi connectivity index (χ3v) is 2.96. The first kappa shape index (κ1) is 13.9. The van der Waals surface area contributed by atoms with Crippen molar-refractivity contribution in [2.75, 3.05) is 25.7 Å². The molecule has 0 fully saturated rings. The van der Waals surface area contributed by atoms with Gasteiger partial charge in [0, 0.05) is 0 Å². The number of carbonyl (C=O) groups is 1. The van der Waals surface area contributed by atoms with E-state index in [2.05, 4.69) is 11.0 Å². The zero-order valence-corrected chi connectivity index (χ0v) is 11.1. The summed E-state index contributed by atoms with van der Waals surface area (Å²) in [6, 6.07) is 7.55. The molecule has 0 N–H and O–H groups in total. The van der Waals surface area contributed by atoms with Gasteiger partial charge in [0.25, 0.3) is 0 Å². The van der Waals surface area contributed by atoms with Gasteiger partial charge in [-0.15, -0.1) is 0 Å². The van der Waals surface area contributed by atoms with Crippen LogP contribution in [0.3, 0.4) is 0 Å². The van der Waals surface area contributed by atoms with Crippen LogP contribution in [0, 0.1) is 0 Å². The van der Waals surface area contributed by atoms with Gasteiger partial charge in [-0.2, -0.15) is 11.8 Å². The van der Waals surface area contributed by atoms with Crippen LogP contribution in [0.1, 0.15) is 12.0 Å². The summed E-state index contributed by atoms with van der Waals surface area (Å²) in [4.78, 5) is 11.1. The number of carbonyl (C=O) groups excluding carboxylic acids is 1. The van der Waals surface area contributed by atoms with Gasteiger partial charge < -0.3 is 9.47 Å². The first-order valence-corrected chi connectivity index (χ1v) is 6.93. The van der Waals surface area contributed by atoms with E-state index in [1.807, 2.05) is 36.0 Å². The highest BCUT2D eigenvalue weighted by Crippen LogP contribution is 2.13. The third kappa shape index (κ3) is 5.63. The van der Waals surface area contributed by atoms with Gasteiger partial charge in [-0.1, -0.05) is 12.1 Å². The second kappa shape index (κ2) is 8.01. The summed E-state index contributed by atoms with van der Waals surface area (Å²) in [7, 11) is 1.39. The van der Waals surface area contributed by atoms with E-state index in [1.165, 1.54) is 7.11 Å². The van der Waals surface area contributed by atoms with E-state index in [-0.39, 0.29) is 5.97 Å². The lowest BCUT2D eigenvalue weighted by molar-refractivity contribution is -0.139. The molecule has 0 atom stereocenters. The molecule has 0 saturated carbocycles. The lowest BCUT2D eigenvalue weighted by Gasteiger charge is -2.06. The Labute approximate surface area is 106 Å². The van der Waals surface area contributed by atoms with Gasteiger partial charge in [-0.05, 0) is 36.1 Å². The number of hydrogen-bond donors (Lipinski definition) is 0. The number of thioether (sulfide) groups is 1. The molecule has 0 aliphatic heterocycles. The highest BCUT2D eigenvalue weighted by Gasteiger charge is 2.02. The fourth-order valence-electron chi connectivity index (χ4n) is 1.34. The number of ether oxygens (including phenoxy) is 2. The lowest BCUT2D eigenvalue weighted by atomic mass is 10.1. The molecule has 17 heavy (non-hydrogen) atoms. The molecule has 0 heterocycles. The Hall–Kier alpha value is -1.16. The lowest BCUT2D eigenvalue weighted by Crippen LogP contribution is -2.04. The summed E-state index contributed by atoms with van der Waals surface area (Å²) >= 11 is 1.82. The number of hydrogen-bond acceptors (Lipinski definition) is 4. The Balaban J connectivity index is 2.36. The zero-order chi connectivity index (χ0) is 12.5. The molecule has 0 saturated heterocycles. The van der Waals surface area contributed by atoms with Crippen LogP contribution in [0.5, 0.6) is 5.75 Å².